The minimum atomic E-state index is -0.434. The summed E-state index contributed by atoms with van der Waals surface area (Å²) in [4.78, 5) is 0. The van der Waals surface area contributed by atoms with E-state index < -0.39 is 5.82 Å². The van der Waals surface area contributed by atoms with Gasteiger partial charge in [-0.1, -0.05) is 80.3 Å². The summed E-state index contributed by atoms with van der Waals surface area (Å²) in [5.74, 6) is 5.78. The van der Waals surface area contributed by atoms with Crippen LogP contribution in [0.15, 0.2) is 54.6 Å². The first-order valence-corrected chi connectivity index (χ1v) is 11.7. The van der Waals surface area contributed by atoms with Crippen molar-refractivity contribution in [3.8, 4) is 23.0 Å². The Labute approximate surface area is 190 Å². The molecule has 0 saturated heterocycles. The van der Waals surface area contributed by atoms with Crippen LogP contribution in [0.4, 0.5) is 4.39 Å². The van der Waals surface area contributed by atoms with Gasteiger partial charge in [0.05, 0.1) is 5.02 Å². The second-order valence-electron chi connectivity index (χ2n) is 8.41. The van der Waals surface area contributed by atoms with Gasteiger partial charge in [-0.15, -0.1) is 0 Å². The summed E-state index contributed by atoms with van der Waals surface area (Å²) in [6.45, 7) is 2.26. The summed E-state index contributed by atoms with van der Waals surface area (Å²) < 4.78 is 13.6. The summed E-state index contributed by atoms with van der Waals surface area (Å²) >= 11 is 5.75. The van der Waals surface area contributed by atoms with Crippen LogP contribution >= 0.6 is 11.6 Å². The monoisotopic (exact) mass is 430 g/mol. The van der Waals surface area contributed by atoms with Crippen molar-refractivity contribution in [1.29, 1.82) is 0 Å². The van der Waals surface area contributed by atoms with E-state index >= 15 is 0 Å². The van der Waals surface area contributed by atoms with Gasteiger partial charge in [0.1, 0.15) is 5.82 Å². The van der Waals surface area contributed by atoms with E-state index in [0.717, 1.165) is 18.4 Å². The number of halogens is 2. The van der Waals surface area contributed by atoms with Gasteiger partial charge in [0.25, 0.3) is 0 Å². The van der Waals surface area contributed by atoms with Crippen LogP contribution in [0.2, 0.25) is 5.02 Å². The molecule has 0 fully saturated rings. The average Bonchev–Trinajstić information content (AvgIpc) is 2.79. The lowest BCUT2D eigenvalue weighted by atomic mass is 9.83. The average molecular weight is 431 g/mol. The summed E-state index contributed by atoms with van der Waals surface area (Å²) in [7, 11) is 0. The summed E-state index contributed by atoms with van der Waals surface area (Å²) in [6, 6.07) is 18.1. The van der Waals surface area contributed by atoms with Crippen molar-refractivity contribution in [3.63, 3.8) is 0 Å². The SMILES string of the molecule is CCCCCCCc1ccc2c(c1)CCc1cc(C#Cc3ccc(Cl)c(F)c3)ccc1-2. The lowest BCUT2D eigenvalue weighted by molar-refractivity contribution is 0.628. The van der Waals surface area contributed by atoms with Crippen LogP contribution in [-0.4, -0.2) is 0 Å². The maximum Gasteiger partial charge on any atom is 0.143 e. The summed E-state index contributed by atoms with van der Waals surface area (Å²) in [6.07, 6.45) is 9.92. The van der Waals surface area contributed by atoms with Crippen LogP contribution in [0.25, 0.3) is 11.1 Å². The number of unbranched alkanes of at least 4 members (excludes halogenated alkanes) is 4. The van der Waals surface area contributed by atoms with Crippen LogP contribution in [0.3, 0.4) is 0 Å². The van der Waals surface area contributed by atoms with Crippen molar-refractivity contribution in [3.05, 3.63) is 93.3 Å². The Morgan fingerprint density at radius 1 is 0.774 bits per heavy atom. The van der Waals surface area contributed by atoms with Gasteiger partial charge < -0.3 is 0 Å². The Balaban J connectivity index is 1.48. The molecule has 0 amide bonds. The fraction of sp³-hybridized carbons (Fsp3) is 0.310. The summed E-state index contributed by atoms with van der Waals surface area (Å²) in [5, 5.41) is 0.123. The first-order chi connectivity index (χ1) is 15.1. The first-order valence-electron chi connectivity index (χ1n) is 11.4. The first kappa shape index (κ1) is 21.7. The van der Waals surface area contributed by atoms with E-state index in [0.29, 0.717) is 5.56 Å². The molecule has 0 radical (unpaired) electrons. The zero-order chi connectivity index (χ0) is 21.6. The Hall–Kier alpha value is -2.56. The van der Waals surface area contributed by atoms with Gasteiger partial charge in [0, 0.05) is 11.1 Å². The molecule has 4 rings (SSSR count). The smallest absolute Gasteiger partial charge is 0.143 e. The van der Waals surface area contributed by atoms with Gasteiger partial charge in [-0.3, -0.25) is 0 Å². The molecule has 31 heavy (non-hydrogen) atoms. The summed E-state index contributed by atoms with van der Waals surface area (Å²) in [5.41, 5.74) is 8.54. The maximum atomic E-state index is 13.6. The zero-order valence-corrected chi connectivity index (χ0v) is 18.9. The predicted molar refractivity (Wildman–Crippen MR) is 129 cm³/mol. The van der Waals surface area contributed by atoms with Gasteiger partial charge in [0.15, 0.2) is 0 Å². The highest BCUT2D eigenvalue weighted by atomic mass is 35.5. The van der Waals surface area contributed by atoms with E-state index in [1.165, 1.54) is 72.4 Å². The highest BCUT2D eigenvalue weighted by Crippen LogP contribution is 2.34. The van der Waals surface area contributed by atoms with Crippen molar-refractivity contribution in [1.82, 2.24) is 0 Å². The molecule has 2 heteroatoms. The molecule has 0 bridgehead atoms. The van der Waals surface area contributed by atoms with Crippen LogP contribution in [0.1, 0.15) is 66.8 Å². The molecule has 158 valence electrons. The second kappa shape index (κ2) is 10.2. The standard InChI is InChI=1S/C29H28ClF/c1-2-3-4-5-6-7-21-10-15-26-24(18-21)13-14-25-19-22(11-16-27(25)26)8-9-23-12-17-28(30)29(31)20-23/h10-12,15-20H,2-7,13-14H2,1H3. The molecule has 0 nitrogen and oxygen atoms in total. The topological polar surface area (TPSA) is 0 Å². The van der Waals surface area contributed by atoms with E-state index in [1.807, 2.05) is 0 Å². The normalized spacial score (nSPS) is 12.0. The highest BCUT2D eigenvalue weighted by Gasteiger charge is 2.16. The number of aryl methyl sites for hydroxylation is 3. The van der Waals surface area contributed by atoms with Gasteiger partial charge in [-0.2, -0.15) is 0 Å². The van der Waals surface area contributed by atoms with Crippen molar-refractivity contribution < 1.29 is 4.39 Å². The van der Waals surface area contributed by atoms with Crippen LogP contribution in [-0.2, 0) is 19.3 Å². The molecular weight excluding hydrogens is 403 g/mol. The molecule has 1 aliphatic rings. The molecule has 0 N–H and O–H groups in total. The number of hydrogen-bond donors (Lipinski definition) is 0. The Morgan fingerprint density at radius 3 is 2.16 bits per heavy atom. The molecule has 0 unspecified atom stereocenters. The van der Waals surface area contributed by atoms with E-state index in [1.54, 1.807) is 12.1 Å². The van der Waals surface area contributed by atoms with Gasteiger partial charge in [0.2, 0.25) is 0 Å². The Kier molecular flexibility index (Phi) is 7.10. The lowest BCUT2D eigenvalue weighted by Crippen LogP contribution is -2.05. The van der Waals surface area contributed by atoms with Crippen molar-refractivity contribution in [2.24, 2.45) is 0 Å². The van der Waals surface area contributed by atoms with Gasteiger partial charge in [-0.05, 0) is 83.8 Å². The quantitative estimate of drug-likeness (QED) is 0.273. The van der Waals surface area contributed by atoms with Crippen LogP contribution in [0, 0.1) is 17.7 Å². The second-order valence-corrected chi connectivity index (χ2v) is 8.81. The molecule has 0 saturated carbocycles. The molecule has 3 aromatic rings. The molecule has 0 aromatic heterocycles. The largest absolute Gasteiger partial charge is 0.205 e. The van der Waals surface area contributed by atoms with E-state index in [2.05, 4.69) is 55.2 Å². The number of rotatable bonds is 6. The highest BCUT2D eigenvalue weighted by molar-refractivity contribution is 6.30. The fourth-order valence-corrected chi connectivity index (χ4v) is 4.45. The van der Waals surface area contributed by atoms with Crippen LogP contribution < -0.4 is 0 Å². The number of fused-ring (bicyclic) bond motifs is 3. The molecule has 0 spiro atoms. The number of benzene rings is 3. The van der Waals surface area contributed by atoms with Gasteiger partial charge >= 0.3 is 0 Å². The molecule has 0 aliphatic heterocycles. The third kappa shape index (κ3) is 5.38. The third-order valence-corrected chi connectivity index (χ3v) is 6.38. The Bertz CT molecular complexity index is 1130. The van der Waals surface area contributed by atoms with E-state index in [9.17, 15) is 4.39 Å². The van der Waals surface area contributed by atoms with Crippen LogP contribution in [0.5, 0.6) is 0 Å². The van der Waals surface area contributed by atoms with Gasteiger partial charge in [-0.25, -0.2) is 4.39 Å². The molecular formula is C29H28ClF. The molecule has 0 heterocycles. The minimum Gasteiger partial charge on any atom is -0.205 e. The minimum absolute atomic E-state index is 0.123. The lowest BCUT2D eigenvalue weighted by Gasteiger charge is -2.21. The van der Waals surface area contributed by atoms with Crippen molar-refractivity contribution in [2.75, 3.05) is 0 Å². The van der Waals surface area contributed by atoms with Crippen molar-refractivity contribution in [2.45, 2.75) is 58.3 Å². The predicted octanol–water partition coefficient (Wildman–Crippen LogP) is 8.16. The van der Waals surface area contributed by atoms with E-state index in [-0.39, 0.29) is 5.02 Å². The molecule has 0 atom stereocenters. The fourth-order valence-electron chi connectivity index (χ4n) is 4.33. The maximum absolute atomic E-state index is 13.6. The van der Waals surface area contributed by atoms with Crippen molar-refractivity contribution >= 4 is 11.6 Å². The van der Waals surface area contributed by atoms with E-state index in [4.69, 9.17) is 11.6 Å². The molecule has 3 aromatic carbocycles. The number of hydrogen-bond acceptors (Lipinski definition) is 0. The Morgan fingerprint density at radius 2 is 1.42 bits per heavy atom. The zero-order valence-electron chi connectivity index (χ0n) is 18.1. The third-order valence-electron chi connectivity index (χ3n) is 6.07. The molecule has 1 aliphatic carbocycles.